The molecule has 0 aliphatic heterocycles. The summed E-state index contributed by atoms with van der Waals surface area (Å²) < 4.78 is 5.81. The zero-order valence-electron chi connectivity index (χ0n) is 16.2. The maximum absolute atomic E-state index is 12.3. The molecular formula is C22H26N2O2S. The first kappa shape index (κ1) is 19.4. The molecule has 27 heavy (non-hydrogen) atoms. The van der Waals surface area contributed by atoms with Crippen molar-refractivity contribution in [1.82, 2.24) is 0 Å². The van der Waals surface area contributed by atoms with Gasteiger partial charge in [0.05, 0.1) is 12.2 Å². The normalized spacial score (nSPS) is 15.7. The predicted octanol–water partition coefficient (Wildman–Crippen LogP) is 5.16. The Morgan fingerprint density at radius 2 is 2.22 bits per heavy atom. The smallest absolute Gasteiger partial charge is 0.225 e. The standard InChI is InChI=1S/C22H26N2O2S/c1-14-6-8-16(3)19(11-14)26-10-4-5-21(25)24-22-18(13-23)17-9-7-15(2)12-20(17)27-22/h6,8,11,15H,4-5,7,9-10,12H2,1-3H3,(H,24,25). The van der Waals surface area contributed by atoms with E-state index >= 15 is 0 Å². The third-order valence-corrected chi connectivity index (χ3v) is 6.20. The molecule has 1 aliphatic carbocycles. The van der Waals surface area contributed by atoms with Crippen molar-refractivity contribution in [2.24, 2.45) is 5.92 Å². The highest BCUT2D eigenvalue weighted by Gasteiger charge is 2.24. The second kappa shape index (κ2) is 8.58. The number of ether oxygens (including phenoxy) is 1. The van der Waals surface area contributed by atoms with Crippen molar-refractivity contribution in [3.8, 4) is 11.8 Å². The summed E-state index contributed by atoms with van der Waals surface area (Å²) in [6, 6.07) is 8.42. The van der Waals surface area contributed by atoms with Crippen LogP contribution in [0.2, 0.25) is 0 Å². The molecule has 1 N–H and O–H groups in total. The van der Waals surface area contributed by atoms with Gasteiger partial charge < -0.3 is 10.1 Å². The minimum atomic E-state index is -0.0530. The zero-order chi connectivity index (χ0) is 19.4. The maximum atomic E-state index is 12.3. The molecule has 0 saturated carbocycles. The summed E-state index contributed by atoms with van der Waals surface area (Å²) >= 11 is 1.57. The van der Waals surface area contributed by atoms with E-state index in [2.05, 4.69) is 24.4 Å². The highest BCUT2D eigenvalue weighted by Crippen LogP contribution is 2.39. The van der Waals surface area contributed by atoms with Crippen LogP contribution in [0.4, 0.5) is 5.00 Å². The number of nitrogens with one attached hydrogen (secondary N) is 1. The fraction of sp³-hybridized carbons (Fsp3) is 0.455. The Morgan fingerprint density at radius 1 is 1.41 bits per heavy atom. The summed E-state index contributed by atoms with van der Waals surface area (Å²) in [6.07, 6.45) is 4.09. The molecule has 1 atom stereocenters. The van der Waals surface area contributed by atoms with Crippen LogP contribution < -0.4 is 10.1 Å². The predicted molar refractivity (Wildman–Crippen MR) is 109 cm³/mol. The Balaban J connectivity index is 1.53. The third kappa shape index (κ3) is 4.70. The number of anilines is 1. The number of carbonyl (C=O) groups excluding carboxylic acids is 1. The largest absolute Gasteiger partial charge is 0.493 e. The summed E-state index contributed by atoms with van der Waals surface area (Å²) in [5.74, 6) is 1.47. The molecule has 2 aromatic rings. The number of hydrogen-bond acceptors (Lipinski definition) is 4. The Morgan fingerprint density at radius 3 is 3.00 bits per heavy atom. The van der Waals surface area contributed by atoms with Crippen molar-refractivity contribution in [3.63, 3.8) is 0 Å². The van der Waals surface area contributed by atoms with Gasteiger partial charge in [-0.05, 0) is 68.2 Å². The monoisotopic (exact) mass is 382 g/mol. The first-order chi connectivity index (χ1) is 13.0. The van der Waals surface area contributed by atoms with Crippen LogP contribution in [-0.4, -0.2) is 12.5 Å². The van der Waals surface area contributed by atoms with Crippen molar-refractivity contribution < 1.29 is 9.53 Å². The third-order valence-electron chi connectivity index (χ3n) is 5.03. The zero-order valence-corrected chi connectivity index (χ0v) is 17.0. The van der Waals surface area contributed by atoms with E-state index in [1.165, 1.54) is 4.88 Å². The molecule has 1 aromatic heterocycles. The van der Waals surface area contributed by atoms with E-state index in [0.29, 0.717) is 30.9 Å². The number of nitrogens with zero attached hydrogens (tertiary/aromatic N) is 1. The summed E-state index contributed by atoms with van der Waals surface area (Å²) in [7, 11) is 0. The highest BCUT2D eigenvalue weighted by molar-refractivity contribution is 7.16. The van der Waals surface area contributed by atoms with E-state index in [9.17, 15) is 10.1 Å². The number of carbonyl (C=O) groups is 1. The average Bonchev–Trinajstić information content (AvgIpc) is 2.97. The van der Waals surface area contributed by atoms with Crippen molar-refractivity contribution in [2.45, 2.75) is 52.9 Å². The van der Waals surface area contributed by atoms with Gasteiger partial charge in [-0.1, -0.05) is 19.1 Å². The number of aryl methyl sites for hydroxylation is 2. The van der Waals surface area contributed by atoms with E-state index in [4.69, 9.17) is 4.74 Å². The summed E-state index contributed by atoms with van der Waals surface area (Å²) in [4.78, 5) is 13.6. The van der Waals surface area contributed by atoms with Gasteiger partial charge in [0.2, 0.25) is 5.91 Å². The van der Waals surface area contributed by atoms with Gasteiger partial charge in [-0.3, -0.25) is 4.79 Å². The van der Waals surface area contributed by atoms with Gasteiger partial charge in [-0.15, -0.1) is 11.3 Å². The lowest BCUT2D eigenvalue weighted by atomic mass is 9.89. The molecule has 5 heteroatoms. The highest BCUT2D eigenvalue weighted by atomic mass is 32.1. The van der Waals surface area contributed by atoms with Gasteiger partial charge in [-0.25, -0.2) is 0 Å². The topological polar surface area (TPSA) is 62.1 Å². The molecule has 1 heterocycles. The number of thiophene rings is 1. The van der Waals surface area contributed by atoms with E-state index in [1.807, 2.05) is 26.0 Å². The lowest BCUT2D eigenvalue weighted by Crippen LogP contribution is -2.13. The summed E-state index contributed by atoms with van der Waals surface area (Å²) in [6.45, 7) is 6.79. The quantitative estimate of drug-likeness (QED) is 0.702. The lowest BCUT2D eigenvalue weighted by molar-refractivity contribution is -0.116. The number of hydrogen-bond donors (Lipinski definition) is 1. The molecular weight excluding hydrogens is 356 g/mol. The molecule has 142 valence electrons. The second-order valence-corrected chi connectivity index (χ2v) is 8.54. The van der Waals surface area contributed by atoms with E-state index < -0.39 is 0 Å². The Hall–Kier alpha value is -2.32. The van der Waals surface area contributed by atoms with Gasteiger partial charge in [-0.2, -0.15) is 5.26 Å². The van der Waals surface area contributed by atoms with Gasteiger partial charge in [0.25, 0.3) is 0 Å². The van der Waals surface area contributed by atoms with Crippen LogP contribution in [0.5, 0.6) is 5.75 Å². The molecule has 1 unspecified atom stereocenters. The Bertz CT molecular complexity index is 879. The SMILES string of the molecule is Cc1ccc(C)c(OCCCC(=O)Nc2sc3c(c2C#N)CCC(C)C3)c1. The summed E-state index contributed by atoms with van der Waals surface area (Å²) in [5, 5.41) is 13.2. The number of nitriles is 1. The minimum Gasteiger partial charge on any atom is -0.493 e. The molecule has 1 amide bonds. The van der Waals surface area contributed by atoms with Gasteiger partial charge in [0.15, 0.2) is 0 Å². The molecule has 1 aromatic carbocycles. The van der Waals surface area contributed by atoms with Crippen molar-refractivity contribution in [1.29, 1.82) is 5.26 Å². The van der Waals surface area contributed by atoms with Crippen LogP contribution in [0.3, 0.4) is 0 Å². The lowest BCUT2D eigenvalue weighted by Gasteiger charge is -2.17. The van der Waals surface area contributed by atoms with E-state index in [-0.39, 0.29) is 5.91 Å². The van der Waals surface area contributed by atoms with Crippen LogP contribution in [0.15, 0.2) is 18.2 Å². The maximum Gasteiger partial charge on any atom is 0.225 e. The van der Waals surface area contributed by atoms with Crippen LogP contribution in [0.1, 0.15) is 53.3 Å². The number of rotatable bonds is 6. The molecule has 0 saturated heterocycles. The van der Waals surface area contributed by atoms with Crippen LogP contribution in [0.25, 0.3) is 0 Å². The van der Waals surface area contributed by atoms with E-state index in [0.717, 1.165) is 46.7 Å². The molecule has 0 fully saturated rings. The average molecular weight is 383 g/mol. The Labute approximate surface area is 165 Å². The van der Waals surface area contributed by atoms with Crippen molar-refractivity contribution >= 4 is 22.2 Å². The first-order valence-corrected chi connectivity index (χ1v) is 10.3. The fourth-order valence-electron chi connectivity index (χ4n) is 3.42. The molecule has 1 aliphatic rings. The minimum absolute atomic E-state index is 0.0530. The number of benzene rings is 1. The molecule has 4 nitrogen and oxygen atoms in total. The van der Waals surface area contributed by atoms with Gasteiger partial charge >= 0.3 is 0 Å². The molecule has 3 rings (SSSR count). The van der Waals surface area contributed by atoms with Crippen molar-refractivity contribution in [3.05, 3.63) is 45.3 Å². The van der Waals surface area contributed by atoms with Crippen molar-refractivity contribution in [2.75, 3.05) is 11.9 Å². The Kier molecular flexibility index (Phi) is 6.18. The second-order valence-electron chi connectivity index (χ2n) is 7.44. The molecule has 0 spiro atoms. The van der Waals surface area contributed by atoms with Crippen LogP contribution in [0, 0.1) is 31.1 Å². The van der Waals surface area contributed by atoms with Crippen LogP contribution >= 0.6 is 11.3 Å². The fourth-order valence-corrected chi connectivity index (χ4v) is 4.80. The van der Waals surface area contributed by atoms with Gasteiger partial charge in [0.1, 0.15) is 16.8 Å². The summed E-state index contributed by atoms with van der Waals surface area (Å²) in [5.41, 5.74) is 4.08. The molecule has 0 radical (unpaired) electrons. The first-order valence-electron chi connectivity index (χ1n) is 9.52. The number of amides is 1. The number of fused-ring (bicyclic) bond motifs is 1. The van der Waals surface area contributed by atoms with Gasteiger partial charge in [0, 0.05) is 11.3 Å². The van der Waals surface area contributed by atoms with Crippen LogP contribution in [-0.2, 0) is 17.6 Å². The molecule has 0 bridgehead atoms. The van der Waals surface area contributed by atoms with E-state index in [1.54, 1.807) is 11.3 Å².